The summed E-state index contributed by atoms with van der Waals surface area (Å²) >= 11 is 0. The van der Waals surface area contributed by atoms with Crippen LogP contribution in [-0.4, -0.2) is 29.6 Å². The fourth-order valence-corrected chi connectivity index (χ4v) is 2.89. The lowest BCUT2D eigenvalue weighted by atomic mass is 9.87. The number of pyridine rings is 1. The zero-order valence-corrected chi connectivity index (χ0v) is 15.8. The van der Waals surface area contributed by atoms with Gasteiger partial charge < -0.3 is 14.8 Å². The van der Waals surface area contributed by atoms with E-state index >= 15 is 0 Å². The van der Waals surface area contributed by atoms with Crippen molar-refractivity contribution in [1.82, 2.24) is 10.3 Å². The van der Waals surface area contributed by atoms with Crippen LogP contribution in [0.2, 0.25) is 0 Å². The van der Waals surface area contributed by atoms with E-state index in [9.17, 15) is 4.79 Å². The number of nitrogens with zero attached hydrogens (tertiary/aromatic N) is 1. The minimum Gasteiger partial charge on any atom is -0.485 e. The van der Waals surface area contributed by atoms with Crippen molar-refractivity contribution in [2.45, 2.75) is 51.7 Å². The third-order valence-electron chi connectivity index (χ3n) is 4.39. The van der Waals surface area contributed by atoms with Crippen LogP contribution in [0.25, 0.3) is 0 Å². The number of carbonyl (C=O) groups is 1. The molecule has 1 amide bonds. The summed E-state index contributed by atoms with van der Waals surface area (Å²) in [4.78, 5) is 16.8. The number of rotatable bonds is 4. The molecule has 0 radical (unpaired) electrons. The first-order valence-corrected chi connectivity index (χ1v) is 8.97. The van der Waals surface area contributed by atoms with E-state index < -0.39 is 6.10 Å². The van der Waals surface area contributed by atoms with Gasteiger partial charge in [-0.2, -0.15) is 0 Å². The average Bonchev–Trinajstić information content (AvgIpc) is 2.60. The number of nitrogens with one attached hydrogen (secondary N) is 1. The lowest BCUT2D eigenvalue weighted by Crippen LogP contribution is -2.47. The van der Waals surface area contributed by atoms with Crippen molar-refractivity contribution in [3.63, 3.8) is 0 Å². The maximum atomic E-state index is 12.5. The molecule has 1 N–H and O–H groups in total. The Morgan fingerprint density at radius 1 is 1.27 bits per heavy atom. The predicted octanol–water partition coefficient (Wildman–Crippen LogP) is 3.27. The van der Waals surface area contributed by atoms with E-state index in [4.69, 9.17) is 9.47 Å². The third-order valence-corrected chi connectivity index (χ3v) is 4.39. The summed E-state index contributed by atoms with van der Waals surface area (Å²) in [5, 5.41) is 2.98. The van der Waals surface area contributed by atoms with Gasteiger partial charge in [-0.1, -0.05) is 32.9 Å². The molecule has 1 aromatic heterocycles. The first-order valence-electron chi connectivity index (χ1n) is 8.97. The molecule has 2 aromatic rings. The highest BCUT2D eigenvalue weighted by Crippen LogP contribution is 2.36. The molecular weight excluding hydrogens is 328 g/mol. The molecule has 138 valence electrons. The van der Waals surface area contributed by atoms with Crippen LogP contribution in [0.1, 0.15) is 39.0 Å². The van der Waals surface area contributed by atoms with Crippen molar-refractivity contribution in [2.75, 3.05) is 6.61 Å². The molecule has 5 nitrogen and oxygen atoms in total. The number of aromatic nitrogens is 1. The lowest BCUT2D eigenvalue weighted by molar-refractivity contribution is -0.131. The zero-order valence-electron chi connectivity index (χ0n) is 15.8. The maximum absolute atomic E-state index is 12.5. The molecule has 0 unspecified atom stereocenters. The Morgan fingerprint density at radius 2 is 2.08 bits per heavy atom. The first-order chi connectivity index (χ1) is 12.3. The first kappa shape index (κ1) is 18.2. The van der Waals surface area contributed by atoms with E-state index in [0.29, 0.717) is 17.9 Å². The minimum atomic E-state index is -0.644. The number of hydrogen-bond acceptors (Lipinski definition) is 4. The van der Waals surface area contributed by atoms with Crippen LogP contribution in [0.15, 0.2) is 42.6 Å². The van der Waals surface area contributed by atoms with Gasteiger partial charge in [0.15, 0.2) is 11.5 Å². The summed E-state index contributed by atoms with van der Waals surface area (Å²) in [5.41, 5.74) is 2.15. The SMILES string of the molecule is C[C@H](Cc1ccccn1)NC(=O)[C@H]1COc2cc(C(C)(C)C)ccc2O1. The second-order valence-electron chi connectivity index (χ2n) is 7.76. The van der Waals surface area contributed by atoms with Gasteiger partial charge in [0.1, 0.15) is 6.61 Å². The molecule has 0 spiro atoms. The van der Waals surface area contributed by atoms with E-state index in [2.05, 4.69) is 31.1 Å². The highest BCUT2D eigenvalue weighted by Gasteiger charge is 2.29. The lowest BCUT2D eigenvalue weighted by Gasteiger charge is -2.28. The standard InChI is InChI=1S/C21H26N2O3/c1-14(11-16-7-5-6-10-22-16)23-20(24)19-13-25-18-12-15(21(2,3)4)8-9-17(18)26-19/h5-10,12,14,19H,11,13H2,1-4H3,(H,23,24)/t14-,19-/m1/s1. The van der Waals surface area contributed by atoms with Crippen LogP contribution in [0.3, 0.4) is 0 Å². The fourth-order valence-electron chi connectivity index (χ4n) is 2.89. The van der Waals surface area contributed by atoms with Gasteiger partial charge in [0.25, 0.3) is 5.91 Å². The zero-order chi connectivity index (χ0) is 18.7. The summed E-state index contributed by atoms with van der Waals surface area (Å²) in [6.45, 7) is 8.62. The van der Waals surface area contributed by atoms with E-state index in [1.54, 1.807) is 6.20 Å². The Morgan fingerprint density at radius 3 is 2.77 bits per heavy atom. The molecule has 0 aliphatic carbocycles. The molecule has 1 aromatic carbocycles. The van der Waals surface area contributed by atoms with Crippen LogP contribution in [0, 0.1) is 0 Å². The molecule has 26 heavy (non-hydrogen) atoms. The Balaban J connectivity index is 1.60. The van der Waals surface area contributed by atoms with Gasteiger partial charge in [-0.25, -0.2) is 0 Å². The summed E-state index contributed by atoms with van der Waals surface area (Å²) < 4.78 is 11.7. The molecule has 5 heteroatoms. The van der Waals surface area contributed by atoms with Gasteiger partial charge in [0.2, 0.25) is 6.10 Å². The summed E-state index contributed by atoms with van der Waals surface area (Å²) in [6, 6.07) is 11.6. The summed E-state index contributed by atoms with van der Waals surface area (Å²) in [6.07, 6.45) is 1.78. The fraction of sp³-hybridized carbons (Fsp3) is 0.429. The number of benzene rings is 1. The maximum Gasteiger partial charge on any atom is 0.264 e. The van der Waals surface area contributed by atoms with Crippen molar-refractivity contribution in [3.05, 3.63) is 53.9 Å². The molecule has 1 aliphatic rings. The monoisotopic (exact) mass is 354 g/mol. The van der Waals surface area contributed by atoms with E-state index in [1.807, 2.05) is 43.3 Å². The molecule has 3 rings (SSSR count). The molecular formula is C21H26N2O3. The van der Waals surface area contributed by atoms with Gasteiger partial charge in [-0.15, -0.1) is 0 Å². The molecule has 0 saturated carbocycles. The Labute approximate surface area is 154 Å². The molecule has 0 saturated heterocycles. The van der Waals surface area contributed by atoms with Gasteiger partial charge in [-0.3, -0.25) is 9.78 Å². The second-order valence-corrected chi connectivity index (χ2v) is 7.76. The molecule has 1 aliphatic heterocycles. The average molecular weight is 354 g/mol. The minimum absolute atomic E-state index is 0.0352. The van der Waals surface area contributed by atoms with Gasteiger partial charge in [-0.05, 0) is 42.2 Å². The van der Waals surface area contributed by atoms with Crippen molar-refractivity contribution in [1.29, 1.82) is 0 Å². The smallest absolute Gasteiger partial charge is 0.264 e. The Kier molecular flexibility index (Phi) is 5.16. The van der Waals surface area contributed by atoms with Crippen molar-refractivity contribution >= 4 is 5.91 Å². The van der Waals surface area contributed by atoms with Gasteiger partial charge >= 0.3 is 0 Å². The topological polar surface area (TPSA) is 60.5 Å². The number of ether oxygens (including phenoxy) is 2. The predicted molar refractivity (Wildman–Crippen MR) is 101 cm³/mol. The van der Waals surface area contributed by atoms with Crippen molar-refractivity contribution < 1.29 is 14.3 Å². The van der Waals surface area contributed by atoms with E-state index in [1.165, 1.54) is 5.56 Å². The summed E-state index contributed by atoms with van der Waals surface area (Å²) in [5.74, 6) is 1.14. The highest BCUT2D eigenvalue weighted by atomic mass is 16.6. The second kappa shape index (κ2) is 7.36. The quantitative estimate of drug-likeness (QED) is 0.915. The molecule has 0 bridgehead atoms. The van der Waals surface area contributed by atoms with Crippen LogP contribution < -0.4 is 14.8 Å². The Bertz CT molecular complexity index is 769. The normalized spacial score (nSPS) is 17.5. The van der Waals surface area contributed by atoms with Crippen molar-refractivity contribution in [3.8, 4) is 11.5 Å². The highest BCUT2D eigenvalue weighted by molar-refractivity contribution is 5.82. The van der Waals surface area contributed by atoms with Crippen LogP contribution in [-0.2, 0) is 16.6 Å². The van der Waals surface area contributed by atoms with Gasteiger partial charge in [0.05, 0.1) is 0 Å². The molecule has 0 fully saturated rings. The van der Waals surface area contributed by atoms with Gasteiger partial charge in [0, 0.05) is 24.4 Å². The van der Waals surface area contributed by atoms with Crippen LogP contribution in [0.4, 0.5) is 0 Å². The number of fused-ring (bicyclic) bond motifs is 1. The van der Waals surface area contributed by atoms with Crippen LogP contribution >= 0.6 is 0 Å². The number of hydrogen-bond donors (Lipinski definition) is 1. The van der Waals surface area contributed by atoms with Crippen LogP contribution in [0.5, 0.6) is 11.5 Å². The Hall–Kier alpha value is -2.56. The van der Waals surface area contributed by atoms with Crippen molar-refractivity contribution in [2.24, 2.45) is 0 Å². The van der Waals surface area contributed by atoms with E-state index in [0.717, 1.165) is 5.69 Å². The van der Waals surface area contributed by atoms with E-state index in [-0.39, 0.29) is 24.0 Å². The number of carbonyl (C=O) groups excluding carboxylic acids is 1. The third kappa shape index (κ3) is 4.34. The molecule has 2 atom stereocenters. The number of amides is 1. The largest absolute Gasteiger partial charge is 0.485 e. The molecule has 2 heterocycles. The summed E-state index contributed by atoms with van der Waals surface area (Å²) in [7, 11) is 0.